The van der Waals surface area contributed by atoms with Crippen molar-refractivity contribution >= 4 is 60.9 Å². The predicted octanol–water partition coefficient (Wildman–Crippen LogP) is 14.4. The van der Waals surface area contributed by atoms with Crippen molar-refractivity contribution in [2.75, 3.05) is 4.90 Å². The minimum absolute atomic E-state index is 0.838. The van der Waals surface area contributed by atoms with Crippen molar-refractivity contribution in [1.82, 2.24) is 9.97 Å². The van der Waals surface area contributed by atoms with Gasteiger partial charge in [0.1, 0.15) is 22.3 Å². The van der Waals surface area contributed by atoms with Crippen molar-refractivity contribution in [3.05, 3.63) is 201 Å². The number of benzene rings is 7. The monoisotopic (exact) mass is 731 g/mol. The fourth-order valence-electron chi connectivity index (χ4n) is 8.08. The maximum atomic E-state index is 6.39. The van der Waals surface area contributed by atoms with Gasteiger partial charge in [0, 0.05) is 74.4 Å². The van der Waals surface area contributed by atoms with Gasteiger partial charge < -0.3 is 13.7 Å². The summed E-state index contributed by atoms with van der Waals surface area (Å²) < 4.78 is 12.8. The van der Waals surface area contributed by atoms with Gasteiger partial charge in [-0.25, -0.2) is 0 Å². The third kappa shape index (κ3) is 5.64. The first kappa shape index (κ1) is 32.7. The molecule has 0 amide bonds. The topological polar surface area (TPSA) is 55.3 Å². The van der Waals surface area contributed by atoms with Gasteiger partial charge in [0.25, 0.3) is 0 Å². The molecule has 11 rings (SSSR count). The van der Waals surface area contributed by atoms with Gasteiger partial charge in [-0.3, -0.25) is 9.97 Å². The van der Waals surface area contributed by atoms with E-state index in [0.717, 1.165) is 94.3 Å². The average molecular weight is 732 g/mol. The first-order chi connectivity index (χ1) is 28.3. The highest BCUT2D eigenvalue weighted by atomic mass is 16.3. The Morgan fingerprint density at radius 3 is 1.30 bits per heavy atom. The number of aromatic nitrogens is 2. The number of nitrogens with zero attached hydrogens (tertiary/aromatic N) is 3. The van der Waals surface area contributed by atoms with Gasteiger partial charge in [-0.05, 0) is 70.3 Å². The SMILES string of the molecule is c1ccc(-c2ccc(-c3ccccc3N(c3ccc(-c4cncc5c4oc4ccccc45)cc3)c3ccc(-c4cncc5c4oc4ccccc45)cc3)cc2)cc1. The van der Waals surface area contributed by atoms with E-state index in [1.54, 1.807) is 0 Å². The van der Waals surface area contributed by atoms with Crippen LogP contribution in [0.1, 0.15) is 0 Å². The second-order valence-corrected chi connectivity index (χ2v) is 14.2. The molecule has 4 heterocycles. The van der Waals surface area contributed by atoms with Crippen LogP contribution in [0.5, 0.6) is 0 Å². The Hall–Kier alpha value is -7.76. The number of fused-ring (bicyclic) bond motifs is 6. The predicted molar refractivity (Wildman–Crippen MR) is 233 cm³/mol. The molecule has 5 nitrogen and oxygen atoms in total. The Morgan fingerprint density at radius 2 is 0.737 bits per heavy atom. The average Bonchev–Trinajstić information content (AvgIpc) is 3.87. The number of rotatable bonds is 7. The highest BCUT2D eigenvalue weighted by Gasteiger charge is 2.20. The van der Waals surface area contributed by atoms with Gasteiger partial charge in [0.15, 0.2) is 0 Å². The molecule has 0 aliphatic carbocycles. The van der Waals surface area contributed by atoms with Gasteiger partial charge in [0.05, 0.1) is 5.69 Å². The van der Waals surface area contributed by atoms with Crippen molar-refractivity contribution in [2.24, 2.45) is 0 Å². The molecule has 268 valence electrons. The van der Waals surface area contributed by atoms with E-state index in [2.05, 4.69) is 148 Å². The van der Waals surface area contributed by atoms with Crippen LogP contribution in [0, 0.1) is 0 Å². The third-order valence-corrected chi connectivity index (χ3v) is 10.9. The molecule has 0 saturated heterocycles. The smallest absolute Gasteiger partial charge is 0.146 e. The molecule has 0 aliphatic heterocycles. The molecule has 57 heavy (non-hydrogen) atoms. The van der Waals surface area contributed by atoms with Gasteiger partial charge in [-0.2, -0.15) is 0 Å². The molecule has 0 spiro atoms. The quantitative estimate of drug-likeness (QED) is 0.163. The van der Waals surface area contributed by atoms with Crippen LogP contribution >= 0.6 is 0 Å². The highest BCUT2D eigenvalue weighted by Crippen LogP contribution is 2.44. The van der Waals surface area contributed by atoms with E-state index < -0.39 is 0 Å². The molecule has 0 aliphatic rings. The fourth-order valence-corrected chi connectivity index (χ4v) is 8.08. The Morgan fingerprint density at radius 1 is 0.316 bits per heavy atom. The van der Waals surface area contributed by atoms with Gasteiger partial charge >= 0.3 is 0 Å². The van der Waals surface area contributed by atoms with Gasteiger partial charge in [-0.1, -0.05) is 133 Å². The van der Waals surface area contributed by atoms with E-state index in [1.165, 1.54) is 11.1 Å². The Kier molecular flexibility index (Phi) is 7.74. The summed E-state index contributed by atoms with van der Waals surface area (Å²) in [5, 5.41) is 4.15. The van der Waals surface area contributed by atoms with Crippen LogP contribution in [0.2, 0.25) is 0 Å². The number of hydrogen-bond donors (Lipinski definition) is 0. The Labute approximate surface area is 328 Å². The summed E-state index contributed by atoms with van der Waals surface area (Å²) in [4.78, 5) is 11.6. The summed E-state index contributed by atoms with van der Waals surface area (Å²) in [5.74, 6) is 0. The van der Waals surface area contributed by atoms with Crippen LogP contribution < -0.4 is 4.90 Å². The lowest BCUT2D eigenvalue weighted by Crippen LogP contribution is -2.11. The summed E-state index contributed by atoms with van der Waals surface area (Å²) in [6.45, 7) is 0. The van der Waals surface area contributed by atoms with Crippen LogP contribution in [0.25, 0.3) is 88.4 Å². The molecular formula is C52H33N3O2. The van der Waals surface area contributed by atoms with Gasteiger partial charge in [0.2, 0.25) is 0 Å². The number of anilines is 3. The third-order valence-electron chi connectivity index (χ3n) is 10.9. The Bertz CT molecular complexity index is 3060. The van der Waals surface area contributed by atoms with E-state index in [0.29, 0.717) is 0 Å². The number of furan rings is 2. The van der Waals surface area contributed by atoms with Crippen molar-refractivity contribution < 1.29 is 8.83 Å². The largest absolute Gasteiger partial charge is 0.455 e. The molecule has 0 unspecified atom stereocenters. The molecule has 0 N–H and O–H groups in total. The standard InChI is InChI=1S/C52H33N3O2/c1-2-10-34(11-3-1)35-18-20-36(21-19-35)41-12-4-7-15-48(41)55(39-26-22-37(23-27-39)44-30-53-32-46-42-13-5-8-16-49(42)56-51(44)46)40-28-24-38(25-29-40)45-31-54-33-47-43-14-6-9-17-50(43)57-52(45)47/h1-33H. The molecule has 11 aromatic rings. The minimum Gasteiger partial charge on any atom is -0.455 e. The molecule has 0 saturated carbocycles. The van der Waals surface area contributed by atoms with E-state index >= 15 is 0 Å². The van der Waals surface area contributed by atoms with Crippen molar-refractivity contribution in [1.29, 1.82) is 0 Å². The van der Waals surface area contributed by atoms with E-state index in [9.17, 15) is 0 Å². The van der Waals surface area contributed by atoms with Crippen LogP contribution in [-0.4, -0.2) is 9.97 Å². The lowest BCUT2D eigenvalue weighted by Gasteiger charge is -2.28. The number of hydrogen-bond acceptors (Lipinski definition) is 5. The Balaban J connectivity index is 1.03. The number of pyridine rings is 2. The summed E-state index contributed by atoms with van der Waals surface area (Å²) in [6.07, 6.45) is 7.56. The highest BCUT2D eigenvalue weighted by molar-refractivity contribution is 6.10. The summed E-state index contributed by atoms with van der Waals surface area (Å²) in [7, 11) is 0. The molecular weight excluding hydrogens is 699 g/mol. The zero-order valence-corrected chi connectivity index (χ0v) is 30.7. The second kappa shape index (κ2) is 13.5. The molecule has 0 fully saturated rings. The zero-order chi connectivity index (χ0) is 37.7. The molecule has 4 aromatic heterocycles. The molecule has 0 radical (unpaired) electrons. The van der Waals surface area contributed by atoms with Crippen molar-refractivity contribution in [2.45, 2.75) is 0 Å². The van der Waals surface area contributed by atoms with Crippen LogP contribution in [0.4, 0.5) is 17.1 Å². The molecule has 0 atom stereocenters. The normalized spacial score (nSPS) is 11.5. The molecule has 7 aromatic carbocycles. The maximum Gasteiger partial charge on any atom is 0.146 e. The fraction of sp³-hybridized carbons (Fsp3) is 0. The maximum absolute atomic E-state index is 6.39. The zero-order valence-electron chi connectivity index (χ0n) is 30.7. The molecule has 5 heteroatoms. The van der Waals surface area contributed by atoms with Gasteiger partial charge in [-0.15, -0.1) is 0 Å². The summed E-state index contributed by atoms with van der Waals surface area (Å²) >= 11 is 0. The van der Waals surface area contributed by atoms with E-state index in [4.69, 9.17) is 8.83 Å². The first-order valence-corrected chi connectivity index (χ1v) is 19.0. The van der Waals surface area contributed by atoms with Crippen LogP contribution in [0.15, 0.2) is 210 Å². The first-order valence-electron chi connectivity index (χ1n) is 19.0. The molecule has 0 bridgehead atoms. The van der Waals surface area contributed by atoms with Crippen LogP contribution in [-0.2, 0) is 0 Å². The number of para-hydroxylation sites is 3. The lowest BCUT2D eigenvalue weighted by atomic mass is 9.98. The van der Waals surface area contributed by atoms with Crippen molar-refractivity contribution in [3.63, 3.8) is 0 Å². The van der Waals surface area contributed by atoms with Crippen LogP contribution in [0.3, 0.4) is 0 Å². The van der Waals surface area contributed by atoms with E-state index in [-0.39, 0.29) is 0 Å². The summed E-state index contributed by atoms with van der Waals surface area (Å²) in [5.41, 5.74) is 15.1. The summed E-state index contributed by atoms with van der Waals surface area (Å²) in [6, 6.07) is 61.5. The van der Waals surface area contributed by atoms with E-state index in [1.807, 2.05) is 67.3 Å². The lowest BCUT2D eigenvalue weighted by molar-refractivity contribution is 0.669. The minimum atomic E-state index is 0.838. The second-order valence-electron chi connectivity index (χ2n) is 14.2. The van der Waals surface area contributed by atoms with Crippen molar-refractivity contribution in [3.8, 4) is 44.5 Å².